The number of hydrogen-bond acceptors (Lipinski definition) is 5. The summed E-state index contributed by atoms with van der Waals surface area (Å²) in [5.41, 5.74) is 3.01. The number of H-pyrrole nitrogens is 1. The van der Waals surface area contributed by atoms with Gasteiger partial charge in [0.15, 0.2) is 17.1 Å². The molecular weight excluding hydrogens is 330 g/mol. The molecule has 0 bridgehead atoms. The van der Waals surface area contributed by atoms with Gasteiger partial charge < -0.3 is 10.3 Å². The number of nitrogens with zero attached hydrogens (tertiary/aromatic N) is 5. The van der Waals surface area contributed by atoms with Crippen LogP contribution in [0.2, 0.25) is 0 Å². The van der Waals surface area contributed by atoms with E-state index in [-0.39, 0.29) is 17.8 Å². The van der Waals surface area contributed by atoms with E-state index in [4.69, 9.17) is 0 Å². The SMILES string of the molecule is C[C@@H](C/C=C/c1cnn2cccnc12)NC(=O)c1nc2ncccc2[nH]1. The van der Waals surface area contributed by atoms with Gasteiger partial charge in [-0.3, -0.25) is 4.79 Å². The quantitative estimate of drug-likeness (QED) is 0.576. The van der Waals surface area contributed by atoms with E-state index in [0.29, 0.717) is 12.1 Å². The zero-order valence-electron chi connectivity index (χ0n) is 14.1. The Hall–Kier alpha value is -3.55. The molecule has 2 N–H and O–H groups in total. The van der Waals surface area contributed by atoms with Gasteiger partial charge in [0.2, 0.25) is 0 Å². The van der Waals surface area contributed by atoms with Crippen molar-refractivity contribution >= 4 is 28.8 Å². The van der Waals surface area contributed by atoms with Crippen molar-refractivity contribution < 1.29 is 4.79 Å². The third-order valence-corrected chi connectivity index (χ3v) is 3.94. The molecule has 0 aromatic carbocycles. The van der Waals surface area contributed by atoms with E-state index >= 15 is 0 Å². The average molecular weight is 347 g/mol. The lowest BCUT2D eigenvalue weighted by atomic mass is 10.2. The first kappa shape index (κ1) is 15.9. The van der Waals surface area contributed by atoms with E-state index in [1.165, 1.54) is 0 Å². The smallest absolute Gasteiger partial charge is 0.287 e. The highest BCUT2D eigenvalue weighted by Crippen LogP contribution is 2.10. The van der Waals surface area contributed by atoms with E-state index in [1.54, 1.807) is 29.2 Å². The molecule has 0 unspecified atom stereocenters. The van der Waals surface area contributed by atoms with Crippen molar-refractivity contribution in [3.63, 3.8) is 0 Å². The van der Waals surface area contributed by atoms with E-state index in [1.807, 2.05) is 37.4 Å². The topological polar surface area (TPSA) is 101 Å². The van der Waals surface area contributed by atoms with Crippen LogP contribution in [0.4, 0.5) is 0 Å². The van der Waals surface area contributed by atoms with Crippen LogP contribution in [0.15, 0.2) is 49.1 Å². The van der Waals surface area contributed by atoms with Crippen LogP contribution in [0.25, 0.3) is 22.9 Å². The maximum Gasteiger partial charge on any atom is 0.287 e. The lowest BCUT2D eigenvalue weighted by Gasteiger charge is -2.10. The fraction of sp³-hybridized carbons (Fsp3) is 0.167. The molecule has 130 valence electrons. The lowest BCUT2D eigenvalue weighted by Crippen LogP contribution is -2.32. The van der Waals surface area contributed by atoms with E-state index in [0.717, 1.165) is 16.7 Å². The van der Waals surface area contributed by atoms with Gasteiger partial charge in [0.05, 0.1) is 11.7 Å². The number of carbonyl (C=O) groups excluding carboxylic acids is 1. The van der Waals surface area contributed by atoms with Gasteiger partial charge in [-0.25, -0.2) is 19.5 Å². The molecule has 26 heavy (non-hydrogen) atoms. The minimum atomic E-state index is -0.249. The Morgan fingerprint density at radius 3 is 3.12 bits per heavy atom. The number of imidazole rings is 1. The second-order valence-electron chi connectivity index (χ2n) is 5.96. The standard InChI is InChI=1S/C18H17N7O/c1-12(5-2-6-13-11-21-25-10-4-9-20-17(13)25)22-18(26)16-23-14-7-3-8-19-15(14)24-16/h2-4,6-12H,5H2,1H3,(H,22,26)(H,19,23,24)/b6-2+/t12-/m0/s1. The highest BCUT2D eigenvalue weighted by Gasteiger charge is 2.13. The molecule has 8 nitrogen and oxygen atoms in total. The van der Waals surface area contributed by atoms with E-state index in [9.17, 15) is 4.79 Å². The Morgan fingerprint density at radius 1 is 1.35 bits per heavy atom. The summed E-state index contributed by atoms with van der Waals surface area (Å²) in [5.74, 6) is 0.0166. The average Bonchev–Trinajstić information content (AvgIpc) is 3.26. The first-order chi connectivity index (χ1) is 12.7. The maximum atomic E-state index is 12.3. The van der Waals surface area contributed by atoms with Crippen molar-refractivity contribution in [2.24, 2.45) is 0 Å². The third-order valence-electron chi connectivity index (χ3n) is 3.94. The molecule has 0 aliphatic heterocycles. The van der Waals surface area contributed by atoms with Gasteiger partial charge in [-0.1, -0.05) is 12.2 Å². The Labute approximate surface area is 149 Å². The van der Waals surface area contributed by atoms with Crippen LogP contribution in [-0.2, 0) is 0 Å². The van der Waals surface area contributed by atoms with Crippen LogP contribution >= 0.6 is 0 Å². The first-order valence-electron chi connectivity index (χ1n) is 8.27. The molecule has 4 aromatic rings. The fourth-order valence-corrected chi connectivity index (χ4v) is 2.67. The molecule has 0 aliphatic rings. The molecule has 4 aromatic heterocycles. The summed E-state index contributed by atoms with van der Waals surface area (Å²) in [6, 6.07) is 5.42. The van der Waals surface area contributed by atoms with Crippen molar-refractivity contribution in [3.05, 3.63) is 60.5 Å². The summed E-state index contributed by atoms with van der Waals surface area (Å²) in [7, 11) is 0. The van der Waals surface area contributed by atoms with Gasteiger partial charge in [0.25, 0.3) is 5.91 Å². The second kappa shape index (κ2) is 6.75. The lowest BCUT2D eigenvalue weighted by molar-refractivity contribution is 0.0931. The summed E-state index contributed by atoms with van der Waals surface area (Å²) in [6.45, 7) is 1.94. The first-order valence-corrected chi connectivity index (χ1v) is 8.27. The Kier molecular flexibility index (Phi) is 4.14. The normalized spacial score (nSPS) is 12.8. The third kappa shape index (κ3) is 3.16. The molecular formula is C18H17N7O. The summed E-state index contributed by atoms with van der Waals surface area (Å²) < 4.78 is 1.72. The van der Waals surface area contributed by atoms with Crippen molar-refractivity contribution in [2.75, 3.05) is 0 Å². The van der Waals surface area contributed by atoms with Crippen molar-refractivity contribution in [2.45, 2.75) is 19.4 Å². The number of amides is 1. The van der Waals surface area contributed by atoms with Crippen LogP contribution in [-0.4, -0.2) is 41.5 Å². The van der Waals surface area contributed by atoms with Gasteiger partial charge in [-0.15, -0.1) is 0 Å². The zero-order valence-corrected chi connectivity index (χ0v) is 14.1. The number of carbonyl (C=O) groups is 1. The van der Waals surface area contributed by atoms with Gasteiger partial charge in [0.1, 0.15) is 0 Å². The molecule has 1 amide bonds. The van der Waals surface area contributed by atoms with Gasteiger partial charge in [0, 0.05) is 30.2 Å². The van der Waals surface area contributed by atoms with Crippen LogP contribution in [0.3, 0.4) is 0 Å². The van der Waals surface area contributed by atoms with Gasteiger partial charge >= 0.3 is 0 Å². The largest absolute Gasteiger partial charge is 0.347 e. The molecule has 0 aliphatic carbocycles. The molecule has 0 saturated carbocycles. The van der Waals surface area contributed by atoms with Crippen molar-refractivity contribution in [3.8, 4) is 0 Å². The summed E-state index contributed by atoms with van der Waals surface area (Å²) in [6.07, 6.45) is 11.6. The Balaban J connectivity index is 1.38. The summed E-state index contributed by atoms with van der Waals surface area (Å²) >= 11 is 0. The Morgan fingerprint density at radius 2 is 2.23 bits per heavy atom. The maximum absolute atomic E-state index is 12.3. The molecule has 0 fully saturated rings. The monoisotopic (exact) mass is 347 g/mol. The van der Waals surface area contributed by atoms with Crippen LogP contribution in [0.5, 0.6) is 0 Å². The van der Waals surface area contributed by atoms with Gasteiger partial charge in [-0.2, -0.15) is 5.10 Å². The van der Waals surface area contributed by atoms with Crippen LogP contribution < -0.4 is 5.32 Å². The van der Waals surface area contributed by atoms with Crippen molar-refractivity contribution in [1.82, 2.24) is 34.9 Å². The molecule has 8 heteroatoms. The number of pyridine rings is 1. The zero-order chi connectivity index (χ0) is 17.9. The number of rotatable bonds is 5. The molecule has 1 atom stereocenters. The predicted octanol–water partition coefficient (Wildman–Crippen LogP) is 2.22. The highest BCUT2D eigenvalue weighted by molar-refractivity contribution is 5.93. The van der Waals surface area contributed by atoms with E-state index in [2.05, 4.69) is 30.4 Å². The number of fused-ring (bicyclic) bond motifs is 2. The van der Waals surface area contributed by atoms with E-state index < -0.39 is 0 Å². The Bertz CT molecular complexity index is 1060. The summed E-state index contributed by atoms with van der Waals surface area (Å²) in [5, 5.41) is 7.17. The summed E-state index contributed by atoms with van der Waals surface area (Å²) in [4.78, 5) is 27.9. The molecule has 4 heterocycles. The minimum Gasteiger partial charge on any atom is -0.347 e. The number of hydrogen-bond donors (Lipinski definition) is 2. The second-order valence-corrected chi connectivity index (χ2v) is 5.96. The molecule has 0 radical (unpaired) electrons. The number of aromatic amines is 1. The molecule has 0 saturated heterocycles. The fourth-order valence-electron chi connectivity index (χ4n) is 2.67. The predicted molar refractivity (Wildman–Crippen MR) is 97.5 cm³/mol. The van der Waals surface area contributed by atoms with Gasteiger partial charge in [-0.05, 0) is 31.5 Å². The van der Waals surface area contributed by atoms with Crippen LogP contribution in [0.1, 0.15) is 29.5 Å². The van der Waals surface area contributed by atoms with Crippen molar-refractivity contribution in [1.29, 1.82) is 0 Å². The minimum absolute atomic E-state index is 0.0466. The number of nitrogens with one attached hydrogen (secondary N) is 2. The van der Waals surface area contributed by atoms with Crippen LogP contribution in [0, 0.1) is 0 Å². The molecule has 0 spiro atoms. The highest BCUT2D eigenvalue weighted by atomic mass is 16.2. The molecule has 4 rings (SSSR count). The number of aromatic nitrogens is 6.